The number of nitrogens with zero attached hydrogens (tertiary/aromatic N) is 3. The maximum absolute atomic E-state index is 11.5. The van der Waals surface area contributed by atoms with Crippen LogP contribution in [-0.2, 0) is 9.84 Å². The van der Waals surface area contributed by atoms with Gasteiger partial charge < -0.3 is 15.5 Å². The van der Waals surface area contributed by atoms with E-state index in [2.05, 4.69) is 63.5 Å². The highest BCUT2D eigenvalue weighted by Crippen LogP contribution is 2.14. The summed E-state index contributed by atoms with van der Waals surface area (Å²) in [5.74, 6) is 1.32. The molecule has 0 atom stereocenters. The second kappa shape index (κ2) is 10.5. The second-order valence-corrected chi connectivity index (χ2v) is 9.14. The molecule has 27 heavy (non-hydrogen) atoms. The van der Waals surface area contributed by atoms with E-state index in [9.17, 15) is 8.42 Å². The van der Waals surface area contributed by atoms with Gasteiger partial charge in [0.05, 0.1) is 11.5 Å². The third-order valence-corrected chi connectivity index (χ3v) is 6.41. The largest absolute Gasteiger partial charge is 0.370 e. The van der Waals surface area contributed by atoms with Crippen LogP contribution in [0.3, 0.4) is 0 Å². The fraction of sp³-hybridized carbons (Fsp3) is 0.632. The van der Waals surface area contributed by atoms with Crippen molar-refractivity contribution in [2.24, 2.45) is 4.99 Å². The van der Waals surface area contributed by atoms with Crippen molar-refractivity contribution in [1.29, 1.82) is 0 Å². The van der Waals surface area contributed by atoms with E-state index in [4.69, 9.17) is 0 Å². The van der Waals surface area contributed by atoms with Gasteiger partial charge in [-0.3, -0.25) is 9.89 Å². The molecule has 2 N–H and O–H groups in total. The number of nitrogens with one attached hydrogen (secondary N) is 2. The zero-order chi connectivity index (χ0) is 19.7. The summed E-state index contributed by atoms with van der Waals surface area (Å²) in [6.07, 6.45) is 0. The molecule has 152 valence electrons. The molecule has 0 aliphatic carbocycles. The molecule has 0 spiro atoms. The van der Waals surface area contributed by atoms with E-state index in [1.807, 2.05) is 0 Å². The van der Waals surface area contributed by atoms with Crippen molar-refractivity contribution in [3.63, 3.8) is 0 Å². The lowest BCUT2D eigenvalue weighted by Crippen LogP contribution is -2.46. The first kappa shape index (κ1) is 21.5. The summed E-state index contributed by atoms with van der Waals surface area (Å²) in [6.45, 7) is 9.72. The lowest BCUT2D eigenvalue weighted by molar-refractivity contribution is 0.299. The average molecular weight is 396 g/mol. The summed E-state index contributed by atoms with van der Waals surface area (Å²) < 4.78 is 22.9. The predicted octanol–water partition coefficient (Wildman–Crippen LogP) is 0.717. The number of benzene rings is 1. The van der Waals surface area contributed by atoms with Crippen molar-refractivity contribution in [3.8, 4) is 0 Å². The van der Waals surface area contributed by atoms with Gasteiger partial charge in [-0.2, -0.15) is 0 Å². The molecule has 8 heteroatoms. The van der Waals surface area contributed by atoms with E-state index in [1.165, 1.54) is 11.3 Å². The summed E-state index contributed by atoms with van der Waals surface area (Å²) >= 11 is 0. The molecule has 1 aromatic rings. The van der Waals surface area contributed by atoms with Gasteiger partial charge in [0.1, 0.15) is 0 Å². The minimum atomic E-state index is -2.81. The zero-order valence-electron chi connectivity index (χ0n) is 16.7. The number of likely N-dealkylation sites (N-methyl/N-ethyl adjacent to an activating group) is 1. The molecule has 0 aromatic heterocycles. The summed E-state index contributed by atoms with van der Waals surface area (Å²) in [7, 11) is -1.05. The molecule has 0 saturated carbocycles. The van der Waals surface area contributed by atoms with E-state index in [0.717, 1.165) is 38.7 Å². The van der Waals surface area contributed by atoms with Crippen molar-refractivity contribution < 1.29 is 8.42 Å². The Kier molecular flexibility index (Phi) is 8.37. The molecule has 2 rings (SSSR count). The lowest BCUT2D eigenvalue weighted by Gasteiger charge is -2.27. The van der Waals surface area contributed by atoms with Crippen LogP contribution in [0, 0.1) is 6.92 Å². The zero-order valence-corrected chi connectivity index (χ0v) is 17.6. The molecule has 0 radical (unpaired) electrons. The van der Waals surface area contributed by atoms with Gasteiger partial charge in [-0.05, 0) is 31.5 Å². The first-order valence-corrected chi connectivity index (χ1v) is 11.4. The van der Waals surface area contributed by atoms with Crippen molar-refractivity contribution in [2.75, 3.05) is 69.3 Å². The van der Waals surface area contributed by atoms with E-state index < -0.39 is 9.84 Å². The van der Waals surface area contributed by atoms with E-state index in [1.54, 1.807) is 7.05 Å². The Hall–Kier alpha value is -1.80. The molecule has 0 amide bonds. The average Bonchev–Trinajstić information content (AvgIpc) is 2.65. The molecule has 1 aliphatic rings. The third kappa shape index (κ3) is 7.38. The van der Waals surface area contributed by atoms with E-state index in [0.29, 0.717) is 13.1 Å². The summed E-state index contributed by atoms with van der Waals surface area (Å²) in [4.78, 5) is 8.78. The maximum atomic E-state index is 11.5. The first-order chi connectivity index (χ1) is 12.9. The van der Waals surface area contributed by atoms with Crippen LogP contribution in [0.1, 0.15) is 12.5 Å². The highest BCUT2D eigenvalue weighted by Gasteiger charge is 2.20. The Bertz CT molecular complexity index is 707. The van der Waals surface area contributed by atoms with Gasteiger partial charge in [0.2, 0.25) is 0 Å². The van der Waals surface area contributed by atoms with Gasteiger partial charge in [-0.15, -0.1) is 0 Å². The van der Waals surface area contributed by atoms with Crippen molar-refractivity contribution in [3.05, 3.63) is 29.8 Å². The van der Waals surface area contributed by atoms with Gasteiger partial charge in [0, 0.05) is 58.5 Å². The number of hydrogen-bond acceptors (Lipinski definition) is 5. The standard InChI is InChI=1S/C19H33N5O2S/c1-4-24(18-7-5-6-17(2)16-18)11-9-22-19(20-3)21-8-10-23-12-14-27(25,26)15-13-23/h5-7,16H,4,8-15H2,1-3H3,(H2,20,21,22). The molecule has 1 heterocycles. The third-order valence-electron chi connectivity index (χ3n) is 4.80. The number of anilines is 1. The Morgan fingerprint density at radius 2 is 1.93 bits per heavy atom. The lowest BCUT2D eigenvalue weighted by atomic mass is 10.2. The molecule has 0 bridgehead atoms. The monoisotopic (exact) mass is 395 g/mol. The van der Waals surface area contributed by atoms with E-state index in [-0.39, 0.29) is 11.5 Å². The second-order valence-electron chi connectivity index (χ2n) is 6.84. The fourth-order valence-electron chi connectivity index (χ4n) is 3.13. The van der Waals surface area contributed by atoms with Gasteiger partial charge in [-0.25, -0.2) is 8.42 Å². The van der Waals surface area contributed by atoms with Crippen LogP contribution in [0.5, 0.6) is 0 Å². The topological polar surface area (TPSA) is 77.0 Å². The van der Waals surface area contributed by atoms with Gasteiger partial charge in [-0.1, -0.05) is 12.1 Å². The molecule has 1 saturated heterocycles. The number of aryl methyl sites for hydroxylation is 1. The number of rotatable bonds is 8. The first-order valence-electron chi connectivity index (χ1n) is 9.62. The summed E-state index contributed by atoms with van der Waals surface area (Å²) in [6, 6.07) is 8.55. The van der Waals surface area contributed by atoms with Gasteiger partial charge >= 0.3 is 0 Å². The molecule has 7 nitrogen and oxygen atoms in total. The maximum Gasteiger partial charge on any atom is 0.191 e. The number of guanidine groups is 1. The van der Waals surface area contributed by atoms with Crippen molar-refractivity contribution in [2.45, 2.75) is 13.8 Å². The molecular weight excluding hydrogens is 362 g/mol. The minimum absolute atomic E-state index is 0.270. The van der Waals surface area contributed by atoms with Crippen LogP contribution in [-0.4, -0.2) is 83.6 Å². The smallest absolute Gasteiger partial charge is 0.191 e. The van der Waals surface area contributed by atoms with Gasteiger partial charge in [0.15, 0.2) is 15.8 Å². The molecule has 1 fully saturated rings. The number of hydrogen-bond donors (Lipinski definition) is 2. The van der Waals surface area contributed by atoms with Crippen molar-refractivity contribution in [1.82, 2.24) is 15.5 Å². The van der Waals surface area contributed by atoms with Crippen LogP contribution in [0.2, 0.25) is 0 Å². The predicted molar refractivity (Wildman–Crippen MR) is 114 cm³/mol. The molecular formula is C19H33N5O2S. The molecule has 1 aromatic carbocycles. The fourth-order valence-corrected chi connectivity index (χ4v) is 4.41. The van der Waals surface area contributed by atoms with Crippen LogP contribution in [0.15, 0.2) is 29.3 Å². The van der Waals surface area contributed by atoms with Crippen LogP contribution >= 0.6 is 0 Å². The van der Waals surface area contributed by atoms with Crippen molar-refractivity contribution >= 4 is 21.5 Å². The quantitative estimate of drug-likeness (QED) is 0.499. The van der Waals surface area contributed by atoms with Crippen LogP contribution < -0.4 is 15.5 Å². The summed E-state index contributed by atoms with van der Waals surface area (Å²) in [5.41, 5.74) is 2.50. The van der Waals surface area contributed by atoms with Crippen LogP contribution in [0.4, 0.5) is 5.69 Å². The highest BCUT2D eigenvalue weighted by molar-refractivity contribution is 7.91. The Morgan fingerprint density at radius 3 is 2.56 bits per heavy atom. The SMILES string of the molecule is CCN(CCNC(=NC)NCCN1CCS(=O)(=O)CC1)c1cccc(C)c1. The Balaban J connectivity index is 1.69. The number of sulfone groups is 1. The van der Waals surface area contributed by atoms with Gasteiger partial charge in [0.25, 0.3) is 0 Å². The van der Waals surface area contributed by atoms with Crippen LogP contribution in [0.25, 0.3) is 0 Å². The minimum Gasteiger partial charge on any atom is -0.370 e. The Labute approximate surface area is 163 Å². The Morgan fingerprint density at radius 1 is 1.22 bits per heavy atom. The highest BCUT2D eigenvalue weighted by atomic mass is 32.2. The van der Waals surface area contributed by atoms with E-state index >= 15 is 0 Å². The molecule has 1 aliphatic heterocycles. The normalized spacial score (nSPS) is 17.5. The number of aliphatic imine (C=N–C) groups is 1. The molecule has 0 unspecified atom stereocenters. The summed E-state index contributed by atoms with van der Waals surface area (Å²) in [5, 5.41) is 6.66.